The zero-order valence-corrected chi connectivity index (χ0v) is 14.9. The molecule has 0 unspecified atom stereocenters. The summed E-state index contributed by atoms with van der Waals surface area (Å²) in [7, 11) is -4.08. The van der Waals surface area contributed by atoms with Crippen molar-refractivity contribution in [1.82, 2.24) is 4.57 Å². The molecule has 1 N–H and O–H groups in total. The minimum absolute atomic E-state index is 0.0601. The monoisotopic (exact) mass is 384 g/mol. The van der Waals surface area contributed by atoms with E-state index in [0.717, 1.165) is 23.5 Å². The maximum Gasteiger partial charge on any atom is 0.308 e. The molecule has 9 heteroatoms. The molecule has 0 saturated carbocycles. The Balaban J connectivity index is 2.04. The third-order valence-corrected chi connectivity index (χ3v) is 5.87. The van der Waals surface area contributed by atoms with Crippen molar-refractivity contribution < 1.29 is 17.2 Å². The van der Waals surface area contributed by atoms with Gasteiger partial charge in [-0.25, -0.2) is 17.2 Å². The van der Waals surface area contributed by atoms with Crippen molar-refractivity contribution in [2.75, 3.05) is 4.72 Å². The van der Waals surface area contributed by atoms with Crippen LogP contribution >= 0.6 is 11.3 Å². The Morgan fingerprint density at radius 3 is 2.48 bits per heavy atom. The van der Waals surface area contributed by atoms with Crippen LogP contribution in [0.3, 0.4) is 0 Å². The summed E-state index contributed by atoms with van der Waals surface area (Å²) in [6, 6.07) is 6.75. The third-order valence-electron chi connectivity index (χ3n) is 3.59. The summed E-state index contributed by atoms with van der Waals surface area (Å²) >= 11 is 0.940. The lowest BCUT2D eigenvalue weighted by atomic mass is 10.3. The predicted octanol–water partition coefficient (Wildman–Crippen LogP) is 3.72. The van der Waals surface area contributed by atoms with Gasteiger partial charge in [0.1, 0.15) is 11.6 Å². The minimum atomic E-state index is -4.08. The van der Waals surface area contributed by atoms with Crippen molar-refractivity contribution >= 4 is 37.3 Å². The molecule has 0 aliphatic rings. The van der Waals surface area contributed by atoms with Gasteiger partial charge in [0.25, 0.3) is 10.0 Å². The van der Waals surface area contributed by atoms with Crippen LogP contribution in [0.5, 0.6) is 0 Å². The van der Waals surface area contributed by atoms with Crippen LogP contribution in [0.1, 0.15) is 19.9 Å². The lowest BCUT2D eigenvalue weighted by Gasteiger charge is -2.10. The van der Waals surface area contributed by atoms with E-state index < -0.39 is 21.7 Å². The molecule has 1 heterocycles. The molecule has 3 rings (SSSR count). The van der Waals surface area contributed by atoms with Gasteiger partial charge in [0.2, 0.25) is 0 Å². The predicted molar refractivity (Wildman–Crippen MR) is 93.6 cm³/mol. The number of halogens is 2. The van der Waals surface area contributed by atoms with Gasteiger partial charge in [-0.15, -0.1) is 0 Å². The van der Waals surface area contributed by atoms with Gasteiger partial charge in [-0.05, 0) is 44.2 Å². The first-order valence-corrected chi connectivity index (χ1v) is 9.62. The van der Waals surface area contributed by atoms with E-state index in [-0.39, 0.29) is 21.5 Å². The average Bonchev–Trinajstić information content (AvgIpc) is 2.85. The second-order valence-electron chi connectivity index (χ2n) is 5.69. The van der Waals surface area contributed by atoms with Crippen LogP contribution in [-0.2, 0) is 10.0 Å². The number of hydrogen-bond acceptors (Lipinski definition) is 4. The van der Waals surface area contributed by atoms with Gasteiger partial charge < -0.3 is 0 Å². The molecular formula is C16H14F2N2O3S2. The number of nitrogens with zero attached hydrogens (tertiary/aromatic N) is 1. The van der Waals surface area contributed by atoms with Gasteiger partial charge in [-0.2, -0.15) is 0 Å². The maximum atomic E-state index is 13.7. The molecule has 5 nitrogen and oxygen atoms in total. The highest BCUT2D eigenvalue weighted by molar-refractivity contribution is 7.92. The number of fused-ring (bicyclic) bond motifs is 1. The smallest absolute Gasteiger partial charge is 0.296 e. The molecule has 0 radical (unpaired) electrons. The number of thiazole rings is 1. The molecule has 2 aromatic carbocycles. The average molecular weight is 384 g/mol. The van der Waals surface area contributed by atoms with Crippen molar-refractivity contribution in [3.63, 3.8) is 0 Å². The number of nitrogens with one attached hydrogen (secondary N) is 1. The Labute approximate surface area is 146 Å². The van der Waals surface area contributed by atoms with Gasteiger partial charge in [0.15, 0.2) is 0 Å². The summed E-state index contributed by atoms with van der Waals surface area (Å²) in [5.74, 6) is -1.82. The third kappa shape index (κ3) is 3.29. The van der Waals surface area contributed by atoms with E-state index in [4.69, 9.17) is 0 Å². The van der Waals surface area contributed by atoms with Crippen LogP contribution in [-0.4, -0.2) is 13.0 Å². The van der Waals surface area contributed by atoms with E-state index in [2.05, 4.69) is 4.72 Å². The Morgan fingerprint density at radius 1 is 1.12 bits per heavy atom. The molecular weight excluding hydrogens is 370 g/mol. The van der Waals surface area contributed by atoms with Crippen LogP contribution in [0, 0.1) is 11.6 Å². The van der Waals surface area contributed by atoms with Crippen molar-refractivity contribution in [1.29, 1.82) is 0 Å². The van der Waals surface area contributed by atoms with E-state index in [1.54, 1.807) is 10.6 Å². The Morgan fingerprint density at radius 2 is 1.84 bits per heavy atom. The van der Waals surface area contributed by atoms with Crippen LogP contribution < -0.4 is 9.60 Å². The Hall–Kier alpha value is -2.26. The topological polar surface area (TPSA) is 68.2 Å². The highest BCUT2D eigenvalue weighted by Gasteiger charge is 2.19. The molecule has 0 amide bonds. The molecule has 0 aliphatic carbocycles. The molecule has 25 heavy (non-hydrogen) atoms. The first-order chi connectivity index (χ1) is 11.7. The molecule has 0 saturated heterocycles. The van der Waals surface area contributed by atoms with Gasteiger partial charge in [-0.3, -0.25) is 14.1 Å². The zero-order chi connectivity index (χ0) is 18.4. The van der Waals surface area contributed by atoms with E-state index in [1.807, 2.05) is 13.8 Å². The fourth-order valence-corrected chi connectivity index (χ4v) is 4.67. The quantitative estimate of drug-likeness (QED) is 0.745. The number of anilines is 1. The second kappa shape index (κ2) is 6.23. The highest BCUT2D eigenvalue weighted by atomic mass is 32.2. The fourth-order valence-electron chi connectivity index (χ4n) is 2.45. The molecule has 0 bridgehead atoms. The summed E-state index contributed by atoms with van der Waals surface area (Å²) in [6.07, 6.45) is 0. The summed E-state index contributed by atoms with van der Waals surface area (Å²) < 4.78 is 55.7. The minimum Gasteiger partial charge on any atom is -0.296 e. The first-order valence-electron chi connectivity index (χ1n) is 7.32. The summed E-state index contributed by atoms with van der Waals surface area (Å²) in [5.41, 5.74) is 0.284. The zero-order valence-electron chi connectivity index (χ0n) is 13.3. The molecule has 0 aliphatic heterocycles. The largest absolute Gasteiger partial charge is 0.308 e. The summed E-state index contributed by atoms with van der Waals surface area (Å²) in [6.45, 7) is 3.72. The van der Waals surface area contributed by atoms with E-state index >= 15 is 0 Å². The SMILES string of the molecule is CC(C)n1c(=O)sc2cc(S(=O)(=O)Nc3ccc(F)cc3F)ccc21. The van der Waals surface area contributed by atoms with Crippen molar-refractivity contribution in [2.24, 2.45) is 0 Å². The van der Waals surface area contributed by atoms with Gasteiger partial charge >= 0.3 is 4.87 Å². The van der Waals surface area contributed by atoms with Crippen LogP contribution in [0.2, 0.25) is 0 Å². The molecule has 0 atom stereocenters. The summed E-state index contributed by atoms with van der Waals surface area (Å²) in [4.78, 5) is 11.7. The van der Waals surface area contributed by atoms with Gasteiger partial charge in [0.05, 0.1) is 20.8 Å². The molecule has 1 aromatic heterocycles. The molecule has 132 valence electrons. The van der Waals surface area contributed by atoms with Crippen molar-refractivity contribution in [2.45, 2.75) is 24.8 Å². The number of aromatic nitrogens is 1. The number of sulfonamides is 1. The maximum absolute atomic E-state index is 13.7. The van der Waals surface area contributed by atoms with Crippen LogP contribution in [0.4, 0.5) is 14.5 Å². The lowest BCUT2D eigenvalue weighted by Crippen LogP contribution is -2.15. The standard InChI is InChI=1S/C16H14F2N2O3S2/c1-9(2)20-14-6-4-11(8-15(14)24-16(20)21)25(22,23)19-13-5-3-10(17)7-12(13)18/h3-9,19H,1-2H3. The highest BCUT2D eigenvalue weighted by Crippen LogP contribution is 2.26. The summed E-state index contributed by atoms with van der Waals surface area (Å²) in [5, 5.41) is 0. The molecule has 0 fully saturated rings. The molecule has 0 spiro atoms. The number of rotatable bonds is 4. The first kappa shape index (κ1) is 17.6. The van der Waals surface area contributed by atoms with Crippen LogP contribution in [0.25, 0.3) is 10.2 Å². The normalized spacial score (nSPS) is 12.0. The van der Waals surface area contributed by atoms with Crippen LogP contribution in [0.15, 0.2) is 46.1 Å². The van der Waals surface area contributed by atoms with Gasteiger partial charge in [-0.1, -0.05) is 11.3 Å². The second-order valence-corrected chi connectivity index (χ2v) is 8.37. The van der Waals surface area contributed by atoms with Crippen molar-refractivity contribution in [3.05, 3.63) is 57.7 Å². The number of hydrogen-bond donors (Lipinski definition) is 1. The van der Waals surface area contributed by atoms with E-state index in [9.17, 15) is 22.0 Å². The van der Waals surface area contributed by atoms with Crippen molar-refractivity contribution in [3.8, 4) is 0 Å². The Bertz CT molecular complexity index is 1120. The van der Waals surface area contributed by atoms with E-state index in [1.165, 1.54) is 12.1 Å². The Kier molecular flexibility index (Phi) is 4.38. The number of benzene rings is 2. The molecule has 3 aromatic rings. The fraction of sp³-hybridized carbons (Fsp3) is 0.188. The lowest BCUT2D eigenvalue weighted by molar-refractivity contribution is 0.583. The van der Waals surface area contributed by atoms with E-state index in [0.29, 0.717) is 16.3 Å². The van der Waals surface area contributed by atoms with Gasteiger partial charge in [0, 0.05) is 12.1 Å².